The Morgan fingerprint density at radius 1 is 1.19 bits per heavy atom. The molecule has 0 spiro atoms. The van der Waals surface area contributed by atoms with Crippen molar-refractivity contribution >= 4 is 12.0 Å². The quantitative estimate of drug-likeness (QED) is 0.799. The number of rotatable bonds is 4. The number of nitrogens with zero attached hydrogens (tertiary/aromatic N) is 2. The average Bonchev–Trinajstić information content (AvgIpc) is 3.44. The van der Waals surface area contributed by atoms with Gasteiger partial charge in [0.2, 0.25) is 5.91 Å². The van der Waals surface area contributed by atoms with Gasteiger partial charge < -0.3 is 14.5 Å². The highest BCUT2D eigenvalue weighted by Gasteiger charge is 2.38. The van der Waals surface area contributed by atoms with Crippen LogP contribution in [0.15, 0.2) is 24.3 Å². The van der Waals surface area contributed by atoms with E-state index >= 15 is 0 Å². The van der Waals surface area contributed by atoms with Crippen molar-refractivity contribution in [1.29, 1.82) is 0 Å². The summed E-state index contributed by atoms with van der Waals surface area (Å²) in [5, 5.41) is 0. The molecule has 2 amide bonds. The van der Waals surface area contributed by atoms with Crippen molar-refractivity contribution in [2.45, 2.75) is 64.6 Å². The minimum Gasteiger partial charge on any atom is -0.444 e. The van der Waals surface area contributed by atoms with Gasteiger partial charge in [-0.1, -0.05) is 12.1 Å². The molecule has 6 heteroatoms. The topological polar surface area (TPSA) is 49.9 Å². The van der Waals surface area contributed by atoms with Crippen LogP contribution in [0.2, 0.25) is 0 Å². The first-order chi connectivity index (χ1) is 12.7. The van der Waals surface area contributed by atoms with Gasteiger partial charge in [-0.15, -0.1) is 0 Å². The lowest BCUT2D eigenvalue weighted by Gasteiger charge is -2.36. The van der Waals surface area contributed by atoms with Crippen LogP contribution in [0.25, 0.3) is 0 Å². The average molecular weight is 376 g/mol. The van der Waals surface area contributed by atoms with Crippen molar-refractivity contribution in [1.82, 2.24) is 9.80 Å². The van der Waals surface area contributed by atoms with Crippen molar-refractivity contribution in [3.8, 4) is 0 Å². The predicted molar refractivity (Wildman–Crippen MR) is 101 cm³/mol. The number of hydrogen-bond acceptors (Lipinski definition) is 3. The molecule has 1 atom stereocenters. The fraction of sp³-hybridized carbons (Fsp3) is 0.619. The van der Waals surface area contributed by atoms with Crippen LogP contribution in [0.3, 0.4) is 0 Å². The van der Waals surface area contributed by atoms with Crippen LogP contribution in [0.4, 0.5) is 9.18 Å². The van der Waals surface area contributed by atoms with E-state index in [9.17, 15) is 14.0 Å². The third kappa shape index (κ3) is 5.44. The standard InChI is InChI=1S/C21H29FN2O3/c1-21(2,3)27-20(26)23-12-4-5-16(14-23)19(25)24(18-10-11-18)13-15-6-8-17(22)9-7-15/h6-9,16,18H,4-5,10-14H2,1-3H3/t16-/m0/s1. The summed E-state index contributed by atoms with van der Waals surface area (Å²) in [7, 11) is 0. The Kier molecular flexibility index (Phi) is 5.72. The van der Waals surface area contributed by atoms with Crippen LogP contribution in [-0.2, 0) is 16.1 Å². The van der Waals surface area contributed by atoms with Crippen LogP contribution < -0.4 is 0 Å². The second kappa shape index (κ2) is 7.87. The molecule has 1 aromatic carbocycles. The van der Waals surface area contributed by atoms with Crippen molar-refractivity contribution in [2.24, 2.45) is 5.92 Å². The molecule has 3 rings (SSSR count). The first-order valence-electron chi connectivity index (χ1n) is 9.76. The molecule has 0 N–H and O–H groups in total. The maximum atomic E-state index is 13.2. The summed E-state index contributed by atoms with van der Waals surface area (Å²) in [4.78, 5) is 29.1. The van der Waals surface area contributed by atoms with Crippen molar-refractivity contribution in [3.05, 3.63) is 35.6 Å². The molecule has 1 saturated heterocycles. The smallest absolute Gasteiger partial charge is 0.410 e. The zero-order valence-electron chi connectivity index (χ0n) is 16.4. The second-order valence-electron chi connectivity index (χ2n) is 8.59. The summed E-state index contributed by atoms with van der Waals surface area (Å²) in [6.07, 6.45) is 3.25. The molecule has 148 valence electrons. The van der Waals surface area contributed by atoms with E-state index in [4.69, 9.17) is 4.74 Å². The Morgan fingerprint density at radius 3 is 2.44 bits per heavy atom. The van der Waals surface area contributed by atoms with E-state index in [2.05, 4.69) is 0 Å². The third-order valence-corrected chi connectivity index (χ3v) is 4.96. The van der Waals surface area contributed by atoms with E-state index in [0.29, 0.717) is 19.6 Å². The molecule has 0 aromatic heterocycles. The Balaban J connectivity index is 1.65. The van der Waals surface area contributed by atoms with Crippen LogP contribution in [-0.4, -0.2) is 46.5 Å². The molecule has 0 radical (unpaired) electrons. The van der Waals surface area contributed by atoms with Gasteiger partial charge in [-0.3, -0.25) is 4.79 Å². The summed E-state index contributed by atoms with van der Waals surface area (Å²) in [5.74, 6) is -0.384. The van der Waals surface area contributed by atoms with Gasteiger partial charge in [0.1, 0.15) is 11.4 Å². The summed E-state index contributed by atoms with van der Waals surface area (Å²) < 4.78 is 18.6. The first-order valence-corrected chi connectivity index (χ1v) is 9.76. The van der Waals surface area contributed by atoms with Crippen LogP contribution >= 0.6 is 0 Å². The minimum atomic E-state index is -0.545. The van der Waals surface area contributed by atoms with E-state index < -0.39 is 5.60 Å². The zero-order chi connectivity index (χ0) is 19.6. The van der Waals surface area contributed by atoms with E-state index in [1.54, 1.807) is 17.0 Å². The van der Waals surface area contributed by atoms with Crippen molar-refractivity contribution in [3.63, 3.8) is 0 Å². The molecule has 1 aliphatic carbocycles. The monoisotopic (exact) mass is 376 g/mol. The zero-order valence-corrected chi connectivity index (χ0v) is 16.4. The third-order valence-electron chi connectivity index (χ3n) is 4.96. The van der Waals surface area contributed by atoms with E-state index in [-0.39, 0.29) is 29.8 Å². The number of benzene rings is 1. The highest BCUT2D eigenvalue weighted by molar-refractivity contribution is 5.80. The second-order valence-corrected chi connectivity index (χ2v) is 8.59. The maximum absolute atomic E-state index is 13.2. The largest absolute Gasteiger partial charge is 0.444 e. The number of amides is 2. The molecular weight excluding hydrogens is 347 g/mol. The fourth-order valence-corrected chi connectivity index (χ4v) is 3.47. The molecule has 1 aromatic rings. The number of likely N-dealkylation sites (tertiary alicyclic amines) is 1. The number of carbonyl (C=O) groups excluding carboxylic acids is 2. The molecule has 2 aliphatic rings. The summed E-state index contributed by atoms with van der Waals surface area (Å²) >= 11 is 0. The van der Waals surface area contributed by atoms with Gasteiger partial charge >= 0.3 is 6.09 Å². The van der Waals surface area contributed by atoms with Gasteiger partial charge in [0.15, 0.2) is 0 Å². The lowest BCUT2D eigenvalue weighted by atomic mass is 9.96. The molecule has 0 unspecified atom stereocenters. The van der Waals surface area contributed by atoms with Crippen LogP contribution in [0.1, 0.15) is 52.0 Å². The van der Waals surface area contributed by atoms with Gasteiger partial charge in [-0.25, -0.2) is 9.18 Å². The van der Waals surface area contributed by atoms with Gasteiger partial charge in [0, 0.05) is 25.7 Å². The lowest BCUT2D eigenvalue weighted by molar-refractivity contribution is -0.138. The summed E-state index contributed by atoms with van der Waals surface area (Å²) in [6.45, 7) is 7.05. The Labute approximate surface area is 160 Å². The van der Waals surface area contributed by atoms with Crippen LogP contribution in [0.5, 0.6) is 0 Å². The number of hydrogen-bond donors (Lipinski definition) is 0. The van der Waals surface area contributed by atoms with E-state index in [1.807, 2.05) is 25.7 Å². The Bertz CT molecular complexity index is 680. The van der Waals surface area contributed by atoms with Gasteiger partial charge in [-0.2, -0.15) is 0 Å². The SMILES string of the molecule is CC(C)(C)OC(=O)N1CCC[C@H](C(=O)N(Cc2ccc(F)cc2)C2CC2)C1. The van der Waals surface area contributed by atoms with E-state index in [1.165, 1.54) is 12.1 Å². The number of ether oxygens (including phenoxy) is 1. The highest BCUT2D eigenvalue weighted by atomic mass is 19.1. The molecule has 1 heterocycles. The minimum absolute atomic E-state index is 0.0927. The van der Waals surface area contributed by atoms with Gasteiger partial charge in [0.05, 0.1) is 5.92 Å². The predicted octanol–water partition coefficient (Wildman–Crippen LogP) is 3.96. The van der Waals surface area contributed by atoms with Crippen molar-refractivity contribution in [2.75, 3.05) is 13.1 Å². The van der Waals surface area contributed by atoms with Crippen molar-refractivity contribution < 1.29 is 18.7 Å². The molecular formula is C21H29FN2O3. The normalized spacial score (nSPS) is 20.3. The lowest BCUT2D eigenvalue weighted by Crippen LogP contribution is -2.48. The molecule has 1 aliphatic heterocycles. The molecule has 27 heavy (non-hydrogen) atoms. The summed E-state index contributed by atoms with van der Waals surface area (Å²) in [6, 6.07) is 6.57. The van der Waals surface area contributed by atoms with Gasteiger partial charge in [0.25, 0.3) is 0 Å². The highest BCUT2D eigenvalue weighted by Crippen LogP contribution is 2.31. The van der Waals surface area contributed by atoms with E-state index in [0.717, 1.165) is 31.2 Å². The van der Waals surface area contributed by atoms with Crippen LogP contribution in [0, 0.1) is 11.7 Å². The molecule has 2 fully saturated rings. The Hall–Kier alpha value is -2.11. The Morgan fingerprint density at radius 2 is 1.85 bits per heavy atom. The molecule has 5 nitrogen and oxygen atoms in total. The maximum Gasteiger partial charge on any atom is 0.410 e. The fourth-order valence-electron chi connectivity index (χ4n) is 3.47. The summed E-state index contributed by atoms with van der Waals surface area (Å²) in [5.41, 5.74) is 0.382. The number of piperidine rings is 1. The molecule has 0 bridgehead atoms. The molecule has 1 saturated carbocycles. The number of carbonyl (C=O) groups is 2. The first kappa shape index (κ1) is 19.6. The number of halogens is 1. The van der Waals surface area contributed by atoms with Gasteiger partial charge in [-0.05, 0) is 64.2 Å².